The Morgan fingerprint density at radius 1 is 1.55 bits per heavy atom. The third kappa shape index (κ3) is 1.45. The van der Waals surface area contributed by atoms with Crippen molar-refractivity contribution in [3.63, 3.8) is 0 Å². The predicted octanol–water partition coefficient (Wildman–Crippen LogP) is 1.35. The number of rotatable bonds is 1. The van der Waals surface area contributed by atoms with Gasteiger partial charge in [-0.15, -0.1) is 0 Å². The number of hydrogen-bond donors (Lipinski definition) is 1. The SMILES string of the molecule is O=C(O)C1(Br)CCCCC1=O. The van der Waals surface area contributed by atoms with Gasteiger partial charge < -0.3 is 5.11 Å². The number of Topliss-reactive ketones (excluding diaryl/α,β-unsaturated/α-hetero) is 1. The zero-order chi connectivity index (χ0) is 8.48. The lowest BCUT2D eigenvalue weighted by Gasteiger charge is -2.25. The normalized spacial score (nSPS) is 31.9. The minimum atomic E-state index is -1.27. The van der Waals surface area contributed by atoms with Crippen molar-refractivity contribution < 1.29 is 14.7 Å². The molecule has 11 heavy (non-hydrogen) atoms. The third-order valence-electron chi connectivity index (χ3n) is 1.96. The molecular weight excluding hydrogens is 212 g/mol. The second-order valence-corrected chi connectivity index (χ2v) is 4.09. The Labute approximate surface area is 72.9 Å². The maximum Gasteiger partial charge on any atom is 0.328 e. The van der Waals surface area contributed by atoms with Gasteiger partial charge in [0, 0.05) is 6.42 Å². The van der Waals surface area contributed by atoms with Crippen molar-refractivity contribution in [1.82, 2.24) is 0 Å². The van der Waals surface area contributed by atoms with Crippen molar-refractivity contribution in [1.29, 1.82) is 0 Å². The summed E-state index contributed by atoms with van der Waals surface area (Å²) in [7, 11) is 0. The van der Waals surface area contributed by atoms with Crippen molar-refractivity contribution in [3.05, 3.63) is 0 Å². The first-order valence-corrected chi connectivity index (χ1v) is 4.32. The van der Waals surface area contributed by atoms with Gasteiger partial charge in [-0.05, 0) is 12.8 Å². The minimum Gasteiger partial charge on any atom is -0.480 e. The van der Waals surface area contributed by atoms with Crippen molar-refractivity contribution in [2.75, 3.05) is 0 Å². The molecule has 0 aromatic heterocycles. The van der Waals surface area contributed by atoms with Gasteiger partial charge in [-0.2, -0.15) is 0 Å². The molecule has 0 heterocycles. The summed E-state index contributed by atoms with van der Waals surface area (Å²) in [4.78, 5) is 21.7. The molecule has 0 saturated heterocycles. The minimum absolute atomic E-state index is 0.198. The maximum atomic E-state index is 11.1. The molecule has 3 nitrogen and oxygen atoms in total. The first-order chi connectivity index (χ1) is 5.07. The largest absolute Gasteiger partial charge is 0.480 e. The van der Waals surface area contributed by atoms with E-state index < -0.39 is 10.3 Å². The molecule has 0 amide bonds. The Bertz CT molecular complexity index is 202. The fraction of sp³-hybridized carbons (Fsp3) is 0.714. The highest BCUT2D eigenvalue weighted by atomic mass is 79.9. The number of carboxylic acids is 1. The molecule has 1 rings (SSSR count). The number of halogens is 1. The number of hydrogen-bond acceptors (Lipinski definition) is 2. The van der Waals surface area contributed by atoms with Gasteiger partial charge in [0.15, 0.2) is 10.1 Å². The van der Waals surface area contributed by atoms with Crippen LogP contribution in [-0.2, 0) is 9.59 Å². The van der Waals surface area contributed by atoms with E-state index in [1.807, 2.05) is 0 Å². The second kappa shape index (κ2) is 2.93. The Morgan fingerprint density at radius 2 is 2.18 bits per heavy atom. The fourth-order valence-corrected chi connectivity index (χ4v) is 1.70. The number of alkyl halides is 1. The highest BCUT2D eigenvalue weighted by Gasteiger charge is 2.44. The number of aliphatic carboxylic acids is 1. The van der Waals surface area contributed by atoms with Crippen LogP contribution in [0.1, 0.15) is 25.7 Å². The number of carboxylic acid groups (broad SMARTS) is 1. The molecule has 1 aliphatic rings. The van der Waals surface area contributed by atoms with E-state index in [1.165, 1.54) is 0 Å². The molecule has 4 heteroatoms. The van der Waals surface area contributed by atoms with Crippen LogP contribution >= 0.6 is 15.9 Å². The smallest absolute Gasteiger partial charge is 0.328 e. The van der Waals surface area contributed by atoms with Crippen molar-refractivity contribution in [2.45, 2.75) is 30.0 Å². The number of carbonyl (C=O) groups is 2. The molecule has 0 aliphatic heterocycles. The van der Waals surface area contributed by atoms with Crippen LogP contribution in [0.25, 0.3) is 0 Å². The van der Waals surface area contributed by atoms with Gasteiger partial charge in [-0.25, -0.2) is 0 Å². The van der Waals surface area contributed by atoms with Gasteiger partial charge in [0.1, 0.15) is 0 Å². The van der Waals surface area contributed by atoms with Gasteiger partial charge in [-0.3, -0.25) is 9.59 Å². The summed E-state index contributed by atoms with van der Waals surface area (Å²) in [6.45, 7) is 0. The van der Waals surface area contributed by atoms with E-state index >= 15 is 0 Å². The number of carbonyl (C=O) groups excluding carboxylic acids is 1. The van der Waals surface area contributed by atoms with Gasteiger partial charge in [0.2, 0.25) is 0 Å². The van der Waals surface area contributed by atoms with E-state index in [4.69, 9.17) is 5.11 Å². The van der Waals surface area contributed by atoms with Crippen molar-refractivity contribution >= 4 is 27.7 Å². The maximum absolute atomic E-state index is 11.1. The molecule has 1 N–H and O–H groups in total. The van der Waals surface area contributed by atoms with Crippen LogP contribution in [-0.4, -0.2) is 21.2 Å². The molecule has 1 saturated carbocycles. The van der Waals surface area contributed by atoms with Crippen LogP contribution in [0.5, 0.6) is 0 Å². The molecule has 1 atom stereocenters. The van der Waals surface area contributed by atoms with E-state index in [1.54, 1.807) is 0 Å². The van der Waals surface area contributed by atoms with Gasteiger partial charge in [0.05, 0.1) is 0 Å². The molecular formula is C7H9BrO3. The van der Waals surface area contributed by atoms with Crippen LogP contribution in [0.15, 0.2) is 0 Å². The first kappa shape index (κ1) is 8.71. The quantitative estimate of drug-likeness (QED) is 0.537. The summed E-state index contributed by atoms with van der Waals surface area (Å²) in [5.74, 6) is -1.25. The van der Waals surface area contributed by atoms with Crippen LogP contribution in [0.4, 0.5) is 0 Å². The average molecular weight is 221 g/mol. The number of ketones is 1. The molecule has 0 radical (unpaired) electrons. The highest BCUT2D eigenvalue weighted by molar-refractivity contribution is 9.10. The van der Waals surface area contributed by atoms with E-state index in [0.717, 1.165) is 12.8 Å². The Hall–Kier alpha value is -0.380. The van der Waals surface area contributed by atoms with E-state index in [-0.39, 0.29) is 5.78 Å². The molecule has 62 valence electrons. The Balaban J connectivity index is 2.81. The van der Waals surface area contributed by atoms with E-state index in [2.05, 4.69) is 15.9 Å². The van der Waals surface area contributed by atoms with Crippen LogP contribution in [0, 0.1) is 0 Å². The van der Waals surface area contributed by atoms with Crippen molar-refractivity contribution in [2.24, 2.45) is 0 Å². The topological polar surface area (TPSA) is 54.4 Å². The molecule has 0 aromatic carbocycles. The lowest BCUT2D eigenvalue weighted by Crippen LogP contribution is -2.42. The van der Waals surface area contributed by atoms with Gasteiger partial charge in [-0.1, -0.05) is 22.4 Å². The molecule has 1 fully saturated rings. The summed E-state index contributed by atoms with van der Waals surface area (Å²) in [5.41, 5.74) is 0. The van der Waals surface area contributed by atoms with Gasteiger partial charge >= 0.3 is 5.97 Å². The molecule has 0 bridgehead atoms. The lowest BCUT2D eigenvalue weighted by atomic mass is 9.88. The summed E-state index contributed by atoms with van der Waals surface area (Å²) in [6.07, 6.45) is 2.43. The van der Waals surface area contributed by atoms with E-state index in [0.29, 0.717) is 12.8 Å². The van der Waals surface area contributed by atoms with Crippen molar-refractivity contribution in [3.8, 4) is 0 Å². The molecule has 1 unspecified atom stereocenters. The second-order valence-electron chi connectivity index (χ2n) is 2.74. The highest BCUT2D eigenvalue weighted by Crippen LogP contribution is 2.33. The molecule has 1 aliphatic carbocycles. The fourth-order valence-electron chi connectivity index (χ4n) is 1.22. The van der Waals surface area contributed by atoms with E-state index in [9.17, 15) is 9.59 Å². The molecule has 0 aromatic rings. The Morgan fingerprint density at radius 3 is 2.55 bits per heavy atom. The van der Waals surface area contributed by atoms with Gasteiger partial charge in [0.25, 0.3) is 0 Å². The zero-order valence-electron chi connectivity index (χ0n) is 5.97. The molecule has 0 spiro atoms. The summed E-state index contributed by atoms with van der Waals surface area (Å²) >= 11 is 2.98. The summed E-state index contributed by atoms with van der Waals surface area (Å²) in [6, 6.07) is 0. The lowest BCUT2D eigenvalue weighted by molar-refractivity contribution is -0.144. The zero-order valence-corrected chi connectivity index (χ0v) is 7.56. The average Bonchev–Trinajstić information content (AvgIpc) is 1.95. The standard InChI is InChI=1S/C7H9BrO3/c8-7(6(10)11)4-2-1-3-5(7)9/h1-4H2,(H,10,11). The monoisotopic (exact) mass is 220 g/mol. The first-order valence-electron chi connectivity index (χ1n) is 3.53. The Kier molecular flexibility index (Phi) is 2.32. The van der Waals surface area contributed by atoms with Crippen LogP contribution in [0.2, 0.25) is 0 Å². The summed E-state index contributed by atoms with van der Waals surface area (Å²) < 4.78 is -1.27. The van der Waals surface area contributed by atoms with Crippen LogP contribution < -0.4 is 0 Å². The summed E-state index contributed by atoms with van der Waals surface area (Å²) in [5, 5.41) is 8.70. The van der Waals surface area contributed by atoms with Crippen LogP contribution in [0.3, 0.4) is 0 Å². The predicted molar refractivity (Wildman–Crippen MR) is 42.8 cm³/mol. The third-order valence-corrected chi connectivity index (χ3v) is 3.13.